The average Bonchev–Trinajstić information content (AvgIpc) is 2.75. The van der Waals surface area contributed by atoms with Gasteiger partial charge in [-0.25, -0.2) is 0 Å². The van der Waals surface area contributed by atoms with E-state index in [2.05, 4.69) is 50.1 Å². The molecule has 0 radical (unpaired) electrons. The van der Waals surface area contributed by atoms with Gasteiger partial charge < -0.3 is 15.0 Å². The van der Waals surface area contributed by atoms with Crippen LogP contribution in [-0.4, -0.2) is 27.2 Å². The predicted octanol–water partition coefficient (Wildman–Crippen LogP) is 5.23. The van der Waals surface area contributed by atoms with Gasteiger partial charge in [0.25, 0.3) is 5.56 Å². The molecule has 0 aliphatic heterocycles. The van der Waals surface area contributed by atoms with Crippen LogP contribution in [0.4, 0.5) is 0 Å². The number of nitrogens with zero attached hydrogens (tertiary/aromatic N) is 2. The van der Waals surface area contributed by atoms with Crippen molar-refractivity contribution in [3.63, 3.8) is 0 Å². The van der Waals surface area contributed by atoms with Crippen molar-refractivity contribution < 1.29 is 9.90 Å². The third-order valence-corrected chi connectivity index (χ3v) is 6.15. The standard InChI is InChI=1S/C28H35N3O3/c1-18(2)11-24(31-10-9-19(3)12-26(31)32)17-30-25(14-27(33)34)22-13-23(16-29-15-22)28-20(4)7-6-8-21(28)5/h6-10,12-13,15-16,18,24-25,30H,11,14,17H2,1-5H3,(H,33,34)/t24?,25-/m0/s1. The fourth-order valence-corrected chi connectivity index (χ4v) is 4.55. The highest BCUT2D eigenvalue weighted by Crippen LogP contribution is 2.29. The van der Waals surface area contributed by atoms with Crippen molar-refractivity contribution in [2.24, 2.45) is 5.92 Å². The first-order valence-corrected chi connectivity index (χ1v) is 11.8. The molecule has 3 rings (SSSR count). The fraction of sp³-hybridized carbons (Fsp3) is 0.393. The number of benzene rings is 1. The Morgan fingerprint density at radius 3 is 2.41 bits per heavy atom. The second-order valence-corrected chi connectivity index (χ2v) is 9.57. The van der Waals surface area contributed by atoms with Gasteiger partial charge in [0.1, 0.15) is 0 Å². The number of aryl methyl sites for hydroxylation is 3. The number of rotatable bonds is 10. The van der Waals surface area contributed by atoms with Gasteiger partial charge in [0.15, 0.2) is 0 Å². The fourth-order valence-electron chi connectivity index (χ4n) is 4.55. The Morgan fingerprint density at radius 2 is 1.79 bits per heavy atom. The Balaban J connectivity index is 1.91. The van der Waals surface area contributed by atoms with Crippen molar-refractivity contribution in [3.8, 4) is 11.1 Å². The first-order chi connectivity index (χ1) is 16.2. The number of hydrogen-bond acceptors (Lipinski definition) is 4. The summed E-state index contributed by atoms with van der Waals surface area (Å²) in [4.78, 5) is 28.8. The van der Waals surface area contributed by atoms with E-state index in [4.69, 9.17) is 0 Å². The molecule has 0 aliphatic carbocycles. The number of aliphatic carboxylic acids is 1. The Hall–Kier alpha value is -3.25. The quantitative estimate of drug-likeness (QED) is 0.432. The summed E-state index contributed by atoms with van der Waals surface area (Å²) >= 11 is 0. The summed E-state index contributed by atoms with van der Waals surface area (Å²) in [6.07, 6.45) is 6.12. The van der Waals surface area contributed by atoms with Crippen LogP contribution in [0.3, 0.4) is 0 Å². The van der Waals surface area contributed by atoms with E-state index in [-0.39, 0.29) is 18.0 Å². The lowest BCUT2D eigenvalue weighted by atomic mass is 9.94. The molecule has 0 bridgehead atoms. The van der Waals surface area contributed by atoms with Crippen molar-refractivity contribution in [2.75, 3.05) is 6.54 Å². The Labute approximate surface area is 201 Å². The van der Waals surface area contributed by atoms with Crippen molar-refractivity contribution in [2.45, 2.75) is 59.5 Å². The Bertz CT molecular complexity index is 1180. The van der Waals surface area contributed by atoms with Crippen LogP contribution in [0, 0.1) is 26.7 Å². The van der Waals surface area contributed by atoms with Crippen molar-refractivity contribution in [3.05, 3.63) is 87.6 Å². The van der Waals surface area contributed by atoms with E-state index in [1.165, 1.54) is 0 Å². The normalized spacial score (nSPS) is 13.1. The monoisotopic (exact) mass is 461 g/mol. The van der Waals surface area contributed by atoms with Gasteiger partial charge in [0.2, 0.25) is 0 Å². The highest BCUT2D eigenvalue weighted by molar-refractivity contribution is 5.71. The summed E-state index contributed by atoms with van der Waals surface area (Å²) in [6, 6.07) is 11.3. The van der Waals surface area contributed by atoms with E-state index >= 15 is 0 Å². The molecule has 0 amide bonds. The molecular formula is C28H35N3O3. The first-order valence-electron chi connectivity index (χ1n) is 11.8. The summed E-state index contributed by atoms with van der Waals surface area (Å²) in [5.41, 5.74) is 6.10. The SMILES string of the molecule is Cc1ccn(C(CN[C@@H](CC(=O)O)c2cncc(-c3c(C)cccc3C)c2)CC(C)C)c(=O)c1. The minimum atomic E-state index is -0.886. The molecule has 6 nitrogen and oxygen atoms in total. The molecule has 34 heavy (non-hydrogen) atoms. The average molecular weight is 462 g/mol. The maximum Gasteiger partial charge on any atom is 0.305 e. The van der Waals surface area contributed by atoms with Gasteiger partial charge in [-0.15, -0.1) is 0 Å². The van der Waals surface area contributed by atoms with Crippen LogP contribution >= 0.6 is 0 Å². The molecule has 0 saturated carbocycles. The first kappa shape index (κ1) is 25.4. The largest absolute Gasteiger partial charge is 0.481 e. The van der Waals surface area contributed by atoms with Crippen LogP contribution in [-0.2, 0) is 4.79 Å². The zero-order valence-electron chi connectivity index (χ0n) is 20.7. The molecule has 1 aromatic carbocycles. The van der Waals surface area contributed by atoms with Gasteiger partial charge in [-0.3, -0.25) is 14.6 Å². The highest BCUT2D eigenvalue weighted by Gasteiger charge is 2.21. The van der Waals surface area contributed by atoms with Gasteiger partial charge in [-0.1, -0.05) is 32.0 Å². The van der Waals surface area contributed by atoms with Crippen molar-refractivity contribution in [1.29, 1.82) is 0 Å². The van der Waals surface area contributed by atoms with Crippen LogP contribution in [0.5, 0.6) is 0 Å². The second-order valence-electron chi connectivity index (χ2n) is 9.57. The van der Waals surface area contributed by atoms with Gasteiger partial charge in [-0.2, -0.15) is 0 Å². The Morgan fingerprint density at radius 1 is 1.09 bits per heavy atom. The number of carbonyl (C=O) groups is 1. The van der Waals surface area contributed by atoms with Crippen LogP contribution in [0.2, 0.25) is 0 Å². The number of carboxylic acids is 1. The number of aromatic nitrogens is 2. The van der Waals surface area contributed by atoms with E-state index in [1.807, 2.05) is 37.5 Å². The van der Waals surface area contributed by atoms with E-state index < -0.39 is 12.0 Å². The van der Waals surface area contributed by atoms with E-state index in [9.17, 15) is 14.7 Å². The molecular weight excluding hydrogens is 426 g/mol. The van der Waals surface area contributed by atoms with Crippen LogP contribution < -0.4 is 10.9 Å². The summed E-state index contributed by atoms with van der Waals surface area (Å²) in [7, 11) is 0. The van der Waals surface area contributed by atoms with Gasteiger partial charge in [0.05, 0.1) is 6.42 Å². The Kier molecular flexibility index (Phi) is 8.40. The molecule has 0 fully saturated rings. The molecule has 0 aliphatic rings. The second kappa shape index (κ2) is 11.3. The summed E-state index contributed by atoms with van der Waals surface area (Å²) in [5.74, 6) is -0.505. The third kappa shape index (κ3) is 6.41. The predicted molar refractivity (Wildman–Crippen MR) is 136 cm³/mol. The lowest BCUT2D eigenvalue weighted by Gasteiger charge is -2.26. The van der Waals surface area contributed by atoms with Gasteiger partial charge in [0, 0.05) is 48.8 Å². The molecule has 2 N–H and O–H groups in total. The highest BCUT2D eigenvalue weighted by atomic mass is 16.4. The van der Waals surface area contributed by atoms with Crippen molar-refractivity contribution >= 4 is 5.97 Å². The number of pyridine rings is 2. The van der Waals surface area contributed by atoms with Crippen LogP contribution in [0.1, 0.15) is 61.0 Å². The maximum absolute atomic E-state index is 12.7. The molecule has 2 atom stereocenters. The molecule has 180 valence electrons. The molecule has 2 heterocycles. The smallest absolute Gasteiger partial charge is 0.305 e. The maximum atomic E-state index is 12.7. The minimum Gasteiger partial charge on any atom is -0.481 e. The number of hydrogen-bond donors (Lipinski definition) is 2. The number of carboxylic acid groups (broad SMARTS) is 1. The number of nitrogens with one attached hydrogen (secondary N) is 1. The lowest BCUT2D eigenvalue weighted by molar-refractivity contribution is -0.137. The summed E-state index contributed by atoms with van der Waals surface area (Å²) < 4.78 is 1.75. The molecule has 3 aromatic rings. The third-order valence-electron chi connectivity index (χ3n) is 6.15. The van der Waals surface area contributed by atoms with Crippen LogP contribution in [0.25, 0.3) is 11.1 Å². The van der Waals surface area contributed by atoms with E-state index in [0.29, 0.717) is 12.5 Å². The topological polar surface area (TPSA) is 84.2 Å². The zero-order chi connectivity index (χ0) is 24.8. The molecule has 6 heteroatoms. The van der Waals surface area contributed by atoms with E-state index in [0.717, 1.165) is 39.8 Å². The van der Waals surface area contributed by atoms with Crippen LogP contribution in [0.15, 0.2) is 59.8 Å². The van der Waals surface area contributed by atoms with Gasteiger partial charge in [-0.05, 0) is 73.1 Å². The summed E-state index contributed by atoms with van der Waals surface area (Å²) in [5, 5.41) is 13.0. The molecule has 0 spiro atoms. The molecule has 0 saturated heterocycles. The molecule has 2 aromatic heterocycles. The van der Waals surface area contributed by atoms with Crippen molar-refractivity contribution in [1.82, 2.24) is 14.9 Å². The lowest BCUT2D eigenvalue weighted by Crippen LogP contribution is -2.35. The summed E-state index contributed by atoms with van der Waals surface area (Å²) in [6.45, 7) is 10.8. The minimum absolute atomic E-state index is 0.0408. The zero-order valence-corrected chi connectivity index (χ0v) is 20.7. The molecule has 1 unspecified atom stereocenters. The van der Waals surface area contributed by atoms with E-state index in [1.54, 1.807) is 16.8 Å². The van der Waals surface area contributed by atoms with Gasteiger partial charge >= 0.3 is 5.97 Å².